The molecule has 2 nitrogen and oxygen atoms in total. The van der Waals surface area contributed by atoms with Crippen LogP contribution in [0.25, 0.3) is 0 Å². The van der Waals surface area contributed by atoms with Gasteiger partial charge in [-0.1, -0.05) is 0 Å². The van der Waals surface area contributed by atoms with Gasteiger partial charge in [0.2, 0.25) is 5.82 Å². The Balaban J connectivity index is 2.50. The maximum absolute atomic E-state index is 13.4. The van der Waals surface area contributed by atoms with E-state index in [1.54, 1.807) is 0 Å². The SMILES string of the molecule is COc1c(C2CCCN2)cc(F)c(F)c1F. The van der Waals surface area contributed by atoms with Crippen LogP contribution in [0, 0.1) is 17.5 Å². The molecular weight excluding hydrogens is 219 g/mol. The quantitative estimate of drug-likeness (QED) is 0.790. The molecule has 1 fully saturated rings. The molecule has 5 heteroatoms. The fourth-order valence-corrected chi connectivity index (χ4v) is 2.01. The van der Waals surface area contributed by atoms with Crippen LogP contribution in [0.4, 0.5) is 13.2 Å². The number of benzene rings is 1. The third-order valence-electron chi connectivity index (χ3n) is 2.79. The summed E-state index contributed by atoms with van der Waals surface area (Å²) in [4.78, 5) is 0. The van der Waals surface area contributed by atoms with Crippen molar-refractivity contribution in [3.8, 4) is 5.75 Å². The molecule has 0 bridgehead atoms. The van der Waals surface area contributed by atoms with Gasteiger partial charge in [-0.3, -0.25) is 0 Å². The van der Waals surface area contributed by atoms with E-state index in [1.807, 2.05) is 0 Å². The number of halogens is 3. The van der Waals surface area contributed by atoms with Crippen molar-refractivity contribution in [3.63, 3.8) is 0 Å². The number of ether oxygens (including phenoxy) is 1. The minimum atomic E-state index is -1.49. The standard InChI is InChI=1S/C11H12F3NO/c1-16-11-6(8-3-2-4-15-8)5-7(12)9(13)10(11)14/h5,8,15H,2-4H2,1H3. The van der Waals surface area contributed by atoms with Crippen LogP contribution >= 0.6 is 0 Å². The van der Waals surface area contributed by atoms with Gasteiger partial charge in [-0.2, -0.15) is 4.39 Å². The predicted octanol–water partition coefficient (Wildman–Crippen LogP) is 2.54. The van der Waals surface area contributed by atoms with Crippen molar-refractivity contribution in [2.45, 2.75) is 18.9 Å². The molecule has 0 aliphatic carbocycles. The summed E-state index contributed by atoms with van der Waals surface area (Å²) in [6, 6.07) is 0.833. The summed E-state index contributed by atoms with van der Waals surface area (Å²) in [5.41, 5.74) is 0.344. The molecule has 1 unspecified atom stereocenters. The van der Waals surface area contributed by atoms with Crippen LogP contribution in [0.2, 0.25) is 0 Å². The van der Waals surface area contributed by atoms with Crippen LogP contribution in [0.1, 0.15) is 24.4 Å². The number of hydrogen-bond acceptors (Lipinski definition) is 2. The maximum atomic E-state index is 13.4. The summed E-state index contributed by atoms with van der Waals surface area (Å²) in [5.74, 6) is -4.13. The summed E-state index contributed by atoms with van der Waals surface area (Å²) in [6.45, 7) is 0.786. The molecule has 2 rings (SSSR count). The van der Waals surface area contributed by atoms with E-state index >= 15 is 0 Å². The summed E-state index contributed by atoms with van der Waals surface area (Å²) in [6.07, 6.45) is 1.69. The van der Waals surface area contributed by atoms with Gasteiger partial charge < -0.3 is 10.1 Å². The predicted molar refractivity (Wildman–Crippen MR) is 52.8 cm³/mol. The van der Waals surface area contributed by atoms with Gasteiger partial charge >= 0.3 is 0 Å². The highest BCUT2D eigenvalue weighted by atomic mass is 19.2. The molecule has 1 aromatic rings. The largest absolute Gasteiger partial charge is 0.493 e. The molecular formula is C11H12F3NO. The first-order chi connectivity index (χ1) is 7.65. The molecule has 0 aromatic heterocycles. The number of hydrogen-bond donors (Lipinski definition) is 1. The van der Waals surface area contributed by atoms with Crippen LogP contribution in [0.3, 0.4) is 0 Å². The Bertz CT molecular complexity index is 403. The van der Waals surface area contributed by atoms with E-state index in [1.165, 1.54) is 7.11 Å². The molecule has 1 aliphatic heterocycles. The van der Waals surface area contributed by atoms with Crippen molar-refractivity contribution >= 4 is 0 Å². The van der Waals surface area contributed by atoms with E-state index in [0.29, 0.717) is 5.56 Å². The lowest BCUT2D eigenvalue weighted by Crippen LogP contribution is -2.15. The topological polar surface area (TPSA) is 21.3 Å². The molecule has 0 spiro atoms. The molecule has 1 saturated heterocycles. The van der Waals surface area contributed by atoms with Crippen molar-refractivity contribution in [3.05, 3.63) is 29.1 Å². The Morgan fingerprint density at radius 1 is 1.31 bits per heavy atom. The fraction of sp³-hybridized carbons (Fsp3) is 0.455. The third-order valence-corrected chi connectivity index (χ3v) is 2.79. The summed E-state index contributed by atoms with van der Waals surface area (Å²) < 4.78 is 44.3. The zero-order chi connectivity index (χ0) is 11.7. The number of nitrogens with one attached hydrogen (secondary N) is 1. The Labute approximate surface area is 91.4 Å². The average molecular weight is 231 g/mol. The molecule has 16 heavy (non-hydrogen) atoms. The zero-order valence-electron chi connectivity index (χ0n) is 8.82. The lowest BCUT2D eigenvalue weighted by Gasteiger charge is -2.16. The van der Waals surface area contributed by atoms with Crippen molar-refractivity contribution in [1.29, 1.82) is 0 Å². The second kappa shape index (κ2) is 4.33. The first-order valence-electron chi connectivity index (χ1n) is 5.10. The maximum Gasteiger partial charge on any atom is 0.204 e. The minimum Gasteiger partial charge on any atom is -0.493 e. The molecule has 0 saturated carbocycles. The highest BCUT2D eigenvalue weighted by Gasteiger charge is 2.26. The Hall–Kier alpha value is -1.23. The molecule has 0 radical (unpaired) electrons. The van der Waals surface area contributed by atoms with Crippen molar-refractivity contribution in [1.82, 2.24) is 5.32 Å². The second-order valence-electron chi connectivity index (χ2n) is 3.76. The first-order valence-corrected chi connectivity index (χ1v) is 5.10. The average Bonchev–Trinajstić information content (AvgIpc) is 2.79. The van der Waals surface area contributed by atoms with Crippen molar-refractivity contribution < 1.29 is 17.9 Å². The first kappa shape index (κ1) is 11.3. The molecule has 1 aliphatic rings. The summed E-state index contributed by atoms with van der Waals surface area (Å²) in [5, 5.41) is 3.09. The van der Waals surface area contributed by atoms with E-state index in [9.17, 15) is 13.2 Å². The zero-order valence-corrected chi connectivity index (χ0v) is 8.82. The van der Waals surface area contributed by atoms with Gasteiger partial charge in [-0.05, 0) is 25.5 Å². The van der Waals surface area contributed by atoms with Gasteiger partial charge in [-0.25, -0.2) is 8.78 Å². The monoisotopic (exact) mass is 231 g/mol. The summed E-state index contributed by atoms with van der Waals surface area (Å²) in [7, 11) is 1.24. The van der Waals surface area contributed by atoms with E-state index in [-0.39, 0.29) is 11.8 Å². The normalized spacial score (nSPS) is 20.1. The Morgan fingerprint density at radius 2 is 2.06 bits per heavy atom. The lowest BCUT2D eigenvalue weighted by molar-refractivity contribution is 0.350. The highest BCUT2D eigenvalue weighted by molar-refractivity contribution is 5.39. The van der Waals surface area contributed by atoms with Gasteiger partial charge in [0.15, 0.2) is 17.4 Å². The van der Waals surface area contributed by atoms with E-state index in [2.05, 4.69) is 5.32 Å². The van der Waals surface area contributed by atoms with Gasteiger partial charge in [0.1, 0.15) is 0 Å². The molecule has 1 aromatic carbocycles. The van der Waals surface area contributed by atoms with Gasteiger partial charge in [0.25, 0.3) is 0 Å². The van der Waals surface area contributed by atoms with E-state index in [4.69, 9.17) is 4.74 Å². The van der Waals surface area contributed by atoms with E-state index < -0.39 is 17.5 Å². The highest BCUT2D eigenvalue weighted by Crippen LogP contribution is 2.34. The Kier molecular flexibility index (Phi) is 3.05. The molecule has 88 valence electrons. The van der Waals surface area contributed by atoms with Crippen LogP contribution in [0.15, 0.2) is 6.07 Å². The van der Waals surface area contributed by atoms with Crippen LogP contribution < -0.4 is 10.1 Å². The van der Waals surface area contributed by atoms with Gasteiger partial charge in [0, 0.05) is 11.6 Å². The Morgan fingerprint density at radius 3 is 2.62 bits per heavy atom. The van der Waals surface area contributed by atoms with Gasteiger partial charge in [-0.15, -0.1) is 0 Å². The van der Waals surface area contributed by atoms with Gasteiger partial charge in [0.05, 0.1) is 7.11 Å². The van der Waals surface area contributed by atoms with Crippen LogP contribution in [0.5, 0.6) is 5.75 Å². The fourth-order valence-electron chi connectivity index (χ4n) is 2.01. The number of methoxy groups -OCH3 is 1. The van der Waals surface area contributed by atoms with Crippen molar-refractivity contribution in [2.24, 2.45) is 0 Å². The molecule has 0 amide bonds. The molecule has 1 N–H and O–H groups in total. The number of rotatable bonds is 2. The van der Waals surface area contributed by atoms with Crippen molar-refractivity contribution in [2.75, 3.05) is 13.7 Å². The second-order valence-corrected chi connectivity index (χ2v) is 3.76. The van der Waals surface area contributed by atoms with E-state index in [0.717, 1.165) is 25.5 Å². The molecule has 1 atom stereocenters. The smallest absolute Gasteiger partial charge is 0.204 e. The lowest BCUT2D eigenvalue weighted by atomic mass is 10.0. The molecule has 1 heterocycles. The summed E-state index contributed by atoms with van der Waals surface area (Å²) >= 11 is 0. The van der Waals surface area contributed by atoms with Crippen LogP contribution in [-0.2, 0) is 0 Å². The third kappa shape index (κ3) is 1.75. The minimum absolute atomic E-state index is 0.167. The van der Waals surface area contributed by atoms with Crippen LogP contribution in [-0.4, -0.2) is 13.7 Å².